The highest BCUT2D eigenvalue weighted by Crippen LogP contribution is 2.44. The molecule has 3 unspecified atom stereocenters. The van der Waals surface area contributed by atoms with Gasteiger partial charge in [0.1, 0.15) is 5.78 Å². The van der Waals surface area contributed by atoms with Gasteiger partial charge in [-0.25, -0.2) is 0 Å². The van der Waals surface area contributed by atoms with E-state index in [1.54, 1.807) is 0 Å². The number of carbonyl (C=O) groups excluding carboxylic acids is 1. The van der Waals surface area contributed by atoms with Crippen LogP contribution in [-0.2, 0) is 9.53 Å². The molecule has 0 N–H and O–H groups in total. The molecule has 1 spiro atoms. The topological polar surface area (TPSA) is 26.3 Å². The maximum Gasteiger partial charge on any atom is 0.139 e. The first-order valence-electron chi connectivity index (χ1n) is 6.96. The SMILES string of the molecule is CC(C(=O)C1CCOC2(CCSC2)C1)C1CC1. The summed E-state index contributed by atoms with van der Waals surface area (Å²) in [6.45, 7) is 2.94. The number of rotatable bonds is 3. The van der Waals surface area contributed by atoms with E-state index in [1.807, 2.05) is 11.8 Å². The van der Waals surface area contributed by atoms with Gasteiger partial charge >= 0.3 is 0 Å². The molecule has 3 heteroatoms. The molecule has 2 heterocycles. The van der Waals surface area contributed by atoms with Gasteiger partial charge in [-0.15, -0.1) is 0 Å². The predicted octanol–water partition coefficient (Wildman–Crippen LogP) is 2.90. The molecule has 2 nitrogen and oxygen atoms in total. The maximum absolute atomic E-state index is 12.5. The summed E-state index contributed by atoms with van der Waals surface area (Å²) in [4.78, 5) is 12.5. The van der Waals surface area contributed by atoms with Gasteiger partial charge in [0, 0.05) is 24.2 Å². The number of ether oxygens (including phenoxy) is 1. The molecule has 1 saturated carbocycles. The highest BCUT2D eigenvalue weighted by atomic mass is 32.2. The lowest BCUT2D eigenvalue weighted by Gasteiger charge is -2.38. The molecular formula is C14H22O2S. The molecule has 17 heavy (non-hydrogen) atoms. The smallest absolute Gasteiger partial charge is 0.139 e. The first kappa shape index (κ1) is 12.0. The molecule has 96 valence electrons. The van der Waals surface area contributed by atoms with E-state index in [-0.39, 0.29) is 11.5 Å². The van der Waals surface area contributed by atoms with Crippen molar-refractivity contribution in [1.29, 1.82) is 0 Å². The Hall–Kier alpha value is -0.0200. The summed E-state index contributed by atoms with van der Waals surface area (Å²) >= 11 is 1.98. The molecule has 0 amide bonds. The average molecular weight is 254 g/mol. The van der Waals surface area contributed by atoms with Gasteiger partial charge in [0.05, 0.1) is 5.60 Å². The fraction of sp³-hybridized carbons (Fsp3) is 0.929. The molecule has 0 aromatic heterocycles. The average Bonchev–Trinajstić information content (AvgIpc) is 3.11. The maximum atomic E-state index is 12.5. The molecule has 2 aliphatic heterocycles. The van der Waals surface area contributed by atoms with Crippen LogP contribution < -0.4 is 0 Å². The Morgan fingerprint density at radius 3 is 2.88 bits per heavy atom. The molecule has 0 bridgehead atoms. The van der Waals surface area contributed by atoms with E-state index >= 15 is 0 Å². The molecule has 3 aliphatic rings. The van der Waals surface area contributed by atoms with Crippen LogP contribution in [0.2, 0.25) is 0 Å². The highest BCUT2D eigenvalue weighted by Gasteiger charge is 2.44. The largest absolute Gasteiger partial charge is 0.374 e. The Kier molecular flexibility index (Phi) is 3.24. The van der Waals surface area contributed by atoms with Crippen molar-refractivity contribution in [2.75, 3.05) is 18.1 Å². The van der Waals surface area contributed by atoms with Crippen molar-refractivity contribution < 1.29 is 9.53 Å². The van der Waals surface area contributed by atoms with E-state index in [2.05, 4.69) is 6.92 Å². The molecule has 3 rings (SSSR count). The molecule has 3 atom stereocenters. The number of hydrogen-bond acceptors (Lipinski definition) is 3. The standard InChI is InChI=1S/C14H22O2S/c1-10(11-2-3-11)13(15)12-4-6-16-14(8-12)5-7-17-9-14/h10-12H,2-9H2,1H3. The Labute approximate surface area is 108 Å². The third-order valence-corrected chi connectivity index (χ3v) is 5.96. The zero-order chi connectivity index (χ0) is 11.9. The first-order valence-corrected chi connectivity index (χ1v) is 8.11. The second-order valence-electron chi connectivity index (χ2n) is 6.05. The van der Waals surface area contributed by atoms with Crippen molar-refractivity contribution in [3.63, 3.8) is 0 Å². The molecule has 0 aromatic rings. The van der Waals surface area contributed by atoms with E-state index < -0.39 is 0 Å². The van der Waals surface area contributed by atoms with Crippen LogP contribution in [0.1, 0.15) is 39.0 Å². The summed E-state index contributed by atoms with van der Waals surface area (Å²) in [5.41, 5.74) is 0.0620. The van der Waals surface area contributed by atoms with Crippen LogP contribution in [0.5, 0.6) is 0 Å². The Morgan fingerprint density at radius 1 is 1.41 bits per heavy atom. The Bertz CT molecular complexity index is 305. The molecule has 2 saturated heterocycles. The summed E-state index contributed by atoms with van der Waals surface area (Å²) in [6, 6.07) is 0. The molecule has 0 radical (unpaired) electrons. The summed E-state index contributed by atoms with van der Waals surface area (Å²) in [5.74, 6) is 4.15. The summed E-state index contributed by atoms with van der Waals surface area (Å²) in [7, 11) is 0. The van der Waals surface area contributed by atoms with Crippen molar-refractivity contribution in [1.82, 2.24) is 0 Å². The van der Waals surface area contributed by atoms with Crippen LogP contribution in [0.3, 0.4) is 0 Å². The second kappa shape index (κ2) is 4.58. The monoisotopic (exact) mass is 254 g/mol. The third kappa shape index (κ3) is 2.41. The lowest BCUT2D eigenvalue weighted by molar-refractivity contribution is -0.137. The molecule has 0 aromatic carbocycles. The number of Topliss-reactive ketones (excluding diaryl/α,β-unsaturated/α-hetero) is 1. The summed E-state index contributed by atoms with van der Waals surface area (Å²) < 4.78 is 5.99. The summed E-state index contributed by atoms with van der Waals surface area (Å²) in [6.07, 6.45) is 5.66. The molecular weight excluding hydrogens is 232 g/mol. The van der Waals surface area contributed by atoms with Crippen molar-refractivity contribution in [3.05, 3.63) is 0 Å². The lowest BCUT2D eigenvalue weighted by Crippen LogP contribution is -2.43. The number of thioether (sulfide) groups is 1. The van der Waals surface area contributed by atoms with E-state index in [9.17, 15) is 4.79 Å². The van der Waals surface area contributed by atoms with Crippen LogP contribution in [0.25, 0.3) is 0 Å². The van der Waals surface area contributed by atoms with Gasteiger partial charge in [0.15, 0.2) is 0 Å². The number of hydrogen-bond donors (Lipinski definition) is 0. The van der Waals surface area contributed by atoms with Crippen LogP contribution >= 0.6 is 11.8 Å². The zero-order valence-corrected chi connectivity index (χ0v) is 11.4. The third-order valence-electron chi connectivity index (χ3n) is 4.74. The number of carbonyl (C=O) groups is 1. The van der Waals surface area contributed by atoms with Crippen LogP contribution in [0.4, 0.5) is 0 Å². The minimum absolute atomic E-state index is 0.0620. The molecule has 1 aliphatic carbocycles. The van der Waals surface area contributed by atoms with Gasteiger partial charge in [-0.1, -0.05) is 6.92 Å². The van der Waals surface area contributed by atoms with Crippen molar-refractivity contribution >= 4 is 17.5 Å². The van der Waals surface area contributed by atoms with Gasteiger partial charge in [0.25, 0.3) is 0 Å². The van der Waals surface area contributed by atoms with E-state index in [1.165, 1.54) is 18.6 Å². The van der Waals surface area contributed by atoms with Gasteiger partial charge in [0.2, 0.25) is 0 Å². The molecule has 3 fully saturated rings. The fourth-order valence-corrected chi connectivity index (χ4v) is 4.71. The minimum Gasteiger partial charge on any atom is -0.374 e. The van der Waals surface area contributed by atoms with E-state index in [0.29, 0.717) is 17.6 Å². The quantitative estimate of drug-likeness (QED) is 0.774. The van der Waals surface area contributed by atoms with Gasteiger partial charge in [-0.05, 0) is 43.8 Å². The second-order valence-corrected chi connectivity index (χ2v) is 7.16. The van der Waals surface area contributed by atoms with Crippen molar-refractivity contribution in [2.24, 2.45) is 17.8 Å². The minimum atomic E-state index is 0.0620. The first-order chi connectivity index (χ1) is 8.20. The zero-order valence-electron chi connectivity index (χ0n) is 10.6. The Morgan fingerprint density at radius 2 is 2.24 bits per heavy atom. The number of ketones is 1. The summed E-state index contributed by atoms with van der Waals surface area (Å²) in [5, 5.41) is 0. The van der Waals surface area contributed by atoms with Gasteiger partial charge < -0.3 is 4.74 Å². The van der Waals surface area contributed by atoms with E-state index in [4.69, 9.17) is 4.74 Å². The van der Waals surface area contributed by atoms with Gasteiger partial charge in [-0.3, -0.25) is 4.79 Å². The highest BCUT2D eigenvalue weighted by molar-refractivity contribution is 7.99. The Balaban J connectivity index is 1.64. The lowest BCUT2D eigenvalue weighted by atomic mass is 9.79. The van der Waals surface area contributed by atoms with Crippen LogP contribution in [0, 0.1) is 17.8 Å². The predicted molar refractivity (Wildman–Crippen MR) is 70.2 cm³/mol. The normalized spacial score (nSPS) is 39.5. The van der Waals surface area contributed by atoms with Crippen LogP contribution in [-0.4, -0.2) is 29.5 Å². The van der Waals surface area contributed by atoms with Crippen molar-refractivity contribution in [2.45, 2.75) is 44.6 Å². The van der Waals surface area contributed by atoms with Crippen molar-refractivity contribution in [3.8, 4) is 0 Å². The van der Waals surface area contributed by atoms with Crippen LogP contribution in [0.15, 0.2) is 0 Å². The fourth-order valence-electron chi connectivity index (χ4n) is 3.33. The van der Waals surface area contributed by atoms with E-state index in [0.717, 1.165) is 31.6 Å². The van der Waals surface area contributed by atoms with Gasteiger partial charge in [-0.2, -0.15) is 11.8 Å².